The molecule has 0 aromatic heterocycles. The van der Waals surface area contributed by atoms with Crippen LogP contribution in [0.3, 0.4) is 0 Å². The van der Waals surface area contributed by atoms with E-state index < -0.39 is 22.0 Å². The van der Waals surface area contributed by atoms with E-state index in [1.807, 2.05) is 33.8 Å². The summed E-state index contributed by atoms with van der Waals surface area (Å²) in [5.74, 6) is 0.746. The second-order valence-corrected chi connectivity index (χ2v) is 10.7. The van der Waals surface area contributed by atoms with Gasteiger partial charge in [0.1, 0.15) is 6.04 Å². The van der Waals surface area contributed by atoms with Crippen LogP contribution in [-0.2, 0) is 14.8 Å². The minimum absolute atomic E-state index is 0.0855. The van der Waals surface area contributed by atoms with Gasteiger partial charge in [-0.1, -0.05) is 31.5 Å². The summed E-state index contributed by atoms with van der Waals surface area (Å²) >= 11 is 2.13. The molecule has 0 heterocycles. The summed E-state index contributed by atoms with van der Waals surface area (Å²) in [6.07, 6.45) is 1.80. The van der Waals surface area contributed by atoms with Crippen molar-refractivity contribution in [2.24, 2.45) is 11.0 Å². The average Bonchev–Trinajstić information content (AvgIpc) is 2.73. The van der Waals surface area contributed by atoms with Gasteiger partial charge in [-0.15, -0.1) is 0 Å². The molecule has 1 amide bonds. The van der Waals surface area contributed by atoms with Gasteiger partial charge in [-0.05, 0) is 78.6 Å². The number of nitrogens with zero attached hydrogens (tertiary/aromatic N) is 1. The highest BCUT2D eigenvalue weighted by atomic mass is 127. The highest BCUT2D eigenvalue weighted by Gasteiger charge is 2.26. The fraction of sp³-hybridized carbons (Fsp3) is 0.391. The van der Waals surface area contributed by atoms with Gasteiger partial charge in [-0.2, -0.15) is 9.82 Å². The van der Waals surface area contributed by atoms with Crippen LogP contribution in [0, 0.1) is 16.4 Å². The number of nitrogens with one attached hydrogen (secondary N) is 2. The van der Waals surface area contributed by atoms with Crippen molar-refractivity contribution < 1.29 is 22.7 Å². The average molecular weight is 587 g/mol. The summed E-state index contributed by atoms with van der Waals surface area (Å²) in [4.78, 5) is 12.9. The zero-order chi connectivity index (χ0) is 24.6. The molecule has 0 aliphatic heterocycles. The molecule has 0 bridgehead atoms. The van der Waals surface area contributed by atoms with E-state index >= 15 is 0 Å². The fourth-order valence-corrected chi connectivity index (χ4v) is 5.08. The number of halogens is 1. The monoisotopic (exact) mass is 587 g/mol. The zero-order valence-corrected chi connectivity index (χ0v) is 22.4. The Labute approximate surface area is 209 Å². The Balaban J connectivity index is 2.17. The Bertz CT molecular complexity index is 1090. The van der Waals surface area contributed by atoms with Gasteiger partial charge in [-0.3, -0.25) is 4.79 Å². The number of ether oxygens (including phenoxy) is 2. The van der Waals surface area contributed by atoms with Crippen LogP contribution in [0.5, 0.6) is 11.5 Å². The Morgan fingerprint density at radius 3 is 2.45 bits per heavy atom. The minimum atomic E-state index is -3.86. The summed E-state index contributed by atoms with van der Waals surface area (Å²) in [6, 6.07) is 9.08. The van der Waals surface area contributed by atoms with Crippen molar-refractivity contribution in [3.8, 4) is 11.5 Å². The molecule has 2 rings (SSSR count). The molecule has 0 saturated heterocycles. The molecule has 0 unspecified atom stereocenters. The maximum absolute atomic E-state index is 12.8. The van der Waals surface area contributed by atoms with Gasteiger partial charge in [0.05, 0.1) is 28.4 Å². The highest BCUT2D eigenvalue weighted by molar-refractivity contribution is 14.1. The number of amides is 1. The molecule has 0 aliphatic carbocycles. The summed E-state index contributed by atoms with van der Waals surface area (Å²) < 4.78 is 39.9. The van der Waals surface area contributed by atoms with Crippen LogP contribution in [0.15, 0.2) is 46.4 Å². The lowest BCUT2D eigenvalue weighted by molar-refractivity contribution is -0.123. The highest BCUT2D eigenvalue weighted by Crippen LogP contribution is 2.33. The number of sulfonamides is 1. The molecular weight excluding hydrogens is 557 g/mol. The first-order valence-electron chi connectivity index (χ1n) is 10.5. The van der Waals surface area contributed by atoms with Crippen molar-refractivity contribution in [3.05, 3.63) is 51.1 Å². The van der Waals surface area contributed by atoms with Crippen molar-refractivity contribution in [1.29, 1.82) is 0 Å². The van der Waals surface area contributed by atoms with Crippen molar-refractivity contribution >= 4 is 44.7 Å². The molecule has 33 heavy (non-hydrogen) atoms. The lowest BCUT2D eigenvalue weighted by Gasteiger charge is -2.19. The van der Waals surface area contributed by atoms with E-state index in [0.29, 0.717) is 30.1 Å². The lowest BCUT2D eigenvalue weighted by atomic mass is 10.0. The molecule has 2 aromatic carbocycles. The third-order valence-corrected chi connectivity index (χ3v) is 6.87. The van der Waals surface area contributed by atoms with E-state index in [9.17, 15) is 13.2 Å². The van der Waals surface area contributed by atoms with E-state index in [2.05, 4.69) is 37.8 Å². The molecule has 2 aromatic rings. The number of benzene rings is 2. The van der Waals surface area contributed by atoms with Crippen LogP contribution >= 0.6 is 22.6 Å². The SMILES string of the molecule is CCOc1cc(/C=N\NC(=O)[C@@H](CC(C)C)NS(=O)(=O)c2ccc(C)cc2)cc(I)c1OC. The summed E-state index contributed by atoms with van der Waals surface area (Å²) in [7, 11) is -2.29. The van der Waals surface area contributed by atoms with Gasteiger partial charge < -0.3 is 9.47 Å². The maximum Gasteiger partial charge on any atom is 0.258 e. The van der Waals surface area contributed by atoms with Crippen molar-refractivity contribution in [3.63, 3.8) is 0 Å². The molecule has 10 heteroatoms. The van der Waals surface area contributed by atoms with E-state index in [-0.39, 0.29) is 10.8 Å². The predicted octanol–water partition coefficient (Wildman–Crippen LogP) is 3.85. The molecule has 0 fully saturated rings. The number of rotatable bonds is 11. The molecule has 8 nitrogen and oxygen atoms in total. The van der Waals surface area contributed by atoms with Crippen LogP contribution in [0.4, 0.5) is 0 Å². The molecule has 0 spiro atoms. The maximum atomic E-state index is 12.8. The van der Waals surface area contributed by atoms with E-state index in [1.165, 1.54) is 18.3 Å². The molecule has 0 saturated carbocycles. The van der Waals surface area contributed by atoms with Crippen LogP contribution in [0.1, 0.15) is 38.3 Å². The van der Waals surface area contributed by atoms with Crippen LogP contribution < -0.4 is 19.6 Å². The normalized spacial score (nSPS) is 12.7. The number of methoxy groups -OCH3 is 1. The molecule has 0 aliphatic rings. The standard InChI is InChI=1S/C23H30IN3O5S/c1-6-32-21-13-17(12-19(24)22(21)31-5)14-25-26-23(28)20(11-15(2)3)27-33(29,30)18-9-7-16(4)8-10-18/h7-10,12-15,20,27H,6,11H2,1-5H3,(H,26,28)/b25-14-/t20-/m1/s1. The first kappa shape index (κ1) is 27.1. The topological polar surface area (TPSA) is 106 Å². The van der Waals surface area contributed by atoms with Crippen LogP contribution in [-0.4, -0.2) is 40.3 Å². The Morgan fingerprint density at radius 1 is 1.21 bits per heavy atom. The predicted molar refractivity (Wildman–Crippen MR) is 137 cm³/mol. The molecule has 2 N–H and O–H groups in total. The number of hydrogen-bond acceptors (Lipinski definition) is 6. The number of aryl methyl sites for hydroxylation is 1. The van der Waals surface area contributed by atoms with E-state index in [4.69, 9.17) is 9.47 Å². The molecule has 0 radical (unpaired) electrons. The smallest absolute Gasteiger partial charge is 0.258 e. The van der Waals surface area contributed by atoms with Gasteiger partial charge in [0.2, 0.25) is 10.0 Å². The van der Waals surface area contributed by atoms with E-state index in [1.54, 1.807) is 25.3 Å². The molecular formula is C23H30IN3O5S. The lowest BCUT2D eigenvalue weighted by Crippen LogP contribution is -2.46. The largest absolute Gasteiger partial charge is 0.492 e. The second-order valence-electron chi connectivity index (χ2n) is 7.82. The quantitative estimate of drug-likeness (QED) is 0.236. The van der Waals surface area contributed by atoms with Gasteiger partial charge in [0.15, 0.2) is 11.5 Å². The molecule has 180 valence electrons. The zero-order valence-electron chi connectivity index (χ0n) is 19.4. The summed E-state index contributed by atoms with van der Waals surface area (Å²) in [5.41, 5.74) is 4.09. The number of hydrazone groups is 1. The van der Waals surface area contributed by atoms with E-state index in [0.717, 1.165) is 9.13 Å². The van der Waals surface area contributed by atoms with Crippen LogP contribution in [0.25, 0.3) is 0 Å². The number of carbonyl (C=O) groups is 1. The minimum Gasteiger partial charge on any atom is -0.492 e. The summed E-state index contributed by atoms with van der Waals surface area (Å²) in [6.45, 7) is 8.05. The molecule has 1 atom stereocenters. The first-order chi connectivity index (χ1) is 15.6. The van der Waals surface area contributed by atoms with Gasteiger partial charge in [0, 0.05) is 0 Å². The number of carbonyl (C=O) groups excluding carboxylic acids is 1. The fourth-order valence-electron chi connectivity index (χ4n) is 3.02. The first-order valence-corrected chi connectivity index (χ1v) is 13.1. The van der Waals surface area contributed by atoms with Gasteiger partial charge >= 0.3 is 0 Å². The van der Waals surface area contributed by atoms with Crippen molar-refractivity contribution in [2.75, 3.05) is 13.7 Å². The Kier molecular flexibility index (Phi) is 10.1. The van der Waals surface area contributed by atoms with Crippen LogP contribution in [0.2, 0.25) is 0 Å². The Hall–Kier alpha value is -2.18. The van der Waals surface area contributed by atoms with Gasteiger partial charge in [0.25, 0.3) is 5.91 Å². The number of hydrogen-bond donors (Lipinski definition) is 2. The Morgan fingerprint density at radius 2 is 1.88 bits per heavy atom. The van der Waals surface area contributed by atoms with Crippen molar-refractivity contribution in [2.45, 2.75) is 45.1 Å². The summed E-state index contributed by atoms with van der Waals surface area (Å²) in [5, 5.41) is 4.02. The van der Waals surface area contributed by atoms with Crippen molar-refractivity contribution in [1.82, 2.24) is 10.1 Å². The third kappa shape index (κ3) is 7.97. The third-order valence-electron chi connectivity index (χ3n) is 4.58. The second kappa shape index (κ2) is 12.3. The van der Waals surface area contributed by atoms with Gasteiger partial charge in [-0.25, -0.2) is 13.8 Å².